The number of rotatable bonds is 9. The molecule has 0 aromatic heterocycles. The molecule has 2 N–H and O–H groups in total. The van der Waals surface area contributed by atoms with E-state index in [0.717, 1.165) is 44.6 Å². The molecule has 1 aliphatic carbocycles. The lowest BCUT2D eigenvalue weighted by molar-refractivity contribution is 0.122. The number of ether oxygens (including phenoxy) is 1. The van der Waals surface area contributed by atoms with E-state index in [2.05, 4.69) is 17.6 Å². The third-order valence-electron chi connectivity index (χ3n) is 4.26. The van der Waals surface area contributed by atoms with Crippen molar-refractivity contribution in [3.63, 3.8) is 0 Å². The fraction of sp³-hybridized carbons (Fsp3) is 1.00. The Morgan fingerprint density at radius 3 is 2.89 bits per heavy atom. The Bertz CT molecular complexity index is 219. The summed E-state index contributed by atoms with van der Waals surface area (Å²) in [5, 5.41) is 7.18. The minimum atomic E-state index is 0.691. The molecule has 1 heterocycles. The fourth-order valence-corrected chi connectivity index (χ4v) is 2.73. The standard InChI is InChI=1S/C15H30N2O/c1-2-13-6-8-17-15(10-13)11-16-7-3-9-18-12-14-4-5-14/h13-17H,2-12H2,1H3. The van der Waals surface area contributed by atoms with E-state index in [4.69, 9.17) is 4.74 Å². The van der Waals surface area contributed by atoms with E-state index in [1.165, 1.54) is 38.6 Å². The van der Waals surface area contributed by atoms with Gasteiger partial charge in [0.1, 0.15) is 0 Å². The Balaban J connectivity index is 1.39. The Morgan fingerprint density at radius 2 is 2.11 bits per heavy atom. The van der Waals surface area contributed by atoms with Crippen LogP contribution in [0.3, 0.4) is 0 Å². The zero-order chi connectivity index (χ0) is 12.6. The molecule has 0 amide bonds. The van der Waals surface area contributed by atoms with E-state index in [0.29, 0.717) is 6.04 Å². The van der Waals surface area contributed by atoms with Crippen molar-refractivity contribution < 1.29 is 4.74 Å². The fourth-order valence-electron chi connectivity index (χ4n) is 2.73. The quantitative estimate of drug-likeness (QED) is 0.619. The second-order valence-electron chi connectivity index (χ2n) is 6.03. The van der Waals surface area contributed by atoms with Gasteiger partial charge < -0.3 is 15.4 Å². The van der Waals surface area contributed by atoms with Gasteiger partial charge in [-0.3, -0.25) is 0 Å². The number of nitrogens with one attached hydrogen (secondary N) is 2. The molecule has 2 fully saturated rings. The van der Waals surface area contributed by atoms with Crippen LogP contribution in [0.4, 0.5) is 0 Å². The summed E-state index contributed by atoms with van der Waals surface area (Å²) in [6, 6.07) is 0.691. The van der Waals surface area contributed by atoms with Gasteiger partial charge in [0, 0.05) is 25.8 Å². The summed E-state index contributed by atoms with van der Waals surface area (Å²) in [6.45, 7) is 7.67. The molecule has 3 nitrogen and oxygen atoms in total. The molecule has 0 aromatic carbocycles. The molecule has 0 radical (unpaired) electrons. The third-order valence-corrected chi connectivity index (χ3v) is 4.26. The van der Waals surface area contributed by atoms with Crippen molar-refractivity contribution in [2.75, 3.05) is 32.8 Å². The van der Waals surface area contributed by atoms with Gasteiger partial charge in [-0.15, -0.1) is 0 Å². The largest absolute Gasteiger partial charge is 0.381 e. The third kappa shape index (κ3) is 5.68. The Labute approximate surface area is 112 Å². The predicted octanol–water partition coefficient (Wildman–Crippen LogP) is 2.17. The molecule has 0 aromatic rings. The van der Waals surface area contributed by atoms with Gasteiger partial charge in [0.15, 0.2) is 0 Å². The molecular weight excluding hydrogens is 224 g/mol. The van der Waals surface area contributed by atoms with Crippen molar-refractivity contribution in [1.29, 1.82) is 0 Å². The zero-order valence-electron chi connectivity index (χ0n) is 11.9. The van der Waals surface area contributed by atoms with Crippen LogP contribution in [-0.2, 0) is 4.74 Å². The van der Waals surface area contributed by atoms with E-state index in [1.54, 1.807) is 0 Å². The summed E-state index contributed by atoms with van der Waals surface area (Å²) in [5.41, 5.74) is 0. The first-order valence-corrected chi connectivity index (χ1v) is 7.90. The summed E-state index contributed by atoms with van der Waals surface area (Å²) >= 11 is 0. The van der Waals surface area contributed by atoms with E-state index in [-0.39, 0.29) is 0 Å². The van der Waals surface area contributed by atoms with Crippen LogP contribution in [0.15, 0.2) is 0 Å². The first-order valence-electron chi connectivity index (χ1n) is 7.90. The second kappa shape index (κ2) is 8.13. The number of piperidine rings is 1. The highest BCUT2D eigenvalue weighted by Crippen LogP contribution is 2.28. The number of hydrogen-bond donors (Lipinski definition) is 2. The van der Waals surface area contributed by atoms with Gasteiger partial charge in [-0.05, 0) is 57.0 Å². The van der Waals surface area contributed by atoms with Crippen molar-refractivity contribution >= 4 is 0 Å². The van der Waals surface area contributed by atoms with Crippen LogP contribution in [0.5, 0.6) is 0 Å². The average Bonchev–Trinajstić information content (AvgIpc) is 3.22. The van der Waals surface area contributed by atoms with E-state index < -0.39 is 0 Å². The first-order chi connectivity index (χ1) is 8.88. The molecule has 1 saturated heterocycles. The monoisotopic (exact) mass is 254 g/mol. The van der Waals surface area contributed by atoms with Crippen LogP contribution < -0.4 is 10.6 Å². The van der Waals surface area contributed by atoms with Crippen LogP contribution in [0.2, 0.25) is 0 Å². The Morgan fingerprint density at radius 1 is 1.22 bits per heavy atom. The van der Waals surface area contributed by atoms with E-state index in [9.17, 15) is 0 Å². The van der Waals surface area contributed by atoms with Crippen LogP contribution >= 0.6 is 0 Å². The maximum Gasteiger partial charge on any atom is 0.0494 e. The molecule has 2 unspecified atom stereocenters. The summed E-state index contributed by atoms with van der Waals surface area (Å²) in [5.74, 6) is 1.84. The highest BCUT2D eigenvalue weighted by atomic mass is 16.5. The molecule has 0 bridgehead atoms. The van der Waals surface area contributed by atoms with Crippen molar-refractivity contribution in [3.05, 3.63) is 0 Å². The highest BCUT2D eigenvalue weighted by Gasteiger charge is 2.21. The molecule has 0 spiro atoms. The minimum absolute atomic E-state index is 0.691. The summed E-state index contributed by atoms with van der Waals surface area (Å²) in [4.78, 5) is 0. The van der Waals surface area contributed by atoms with E-state index >= 15 is 0 Å². The lowest BCUT2D eigenvalue weighted by Crippen LogP contribution is -2.44. The van der Waals surface area contributed by atoms with Crippen molar-refractivity contribution in [3.8, 4) is 0 Å². The smallest absolute Gasteiger partial charge is 0.0494 e. The van der Waals surface area contributed by atoms with Crippen LogP contribution in [0, 0.1) is 11.8 Å². The van der Waals surface area contributed by atoms with Crippen molar-refractivity contribution in [2.45, 2.75) is 51.5 Å². The maximum absolute atomic E-state index is 5.63. The van der Waals surface area contributed by atoms with Gasteiger partial charge in [-0.25, -0.2) is 0 Å². The molecule has 2 atom stereocenters. The summed E-state index contributed by atoms with van der Waals surface area (Å²) in [6.07, 6.45) is 7.99. The van der Waals surface area contributed by atoms with Gasteiger partial charge in [-0.2, -0.15) is 0 Å². The van der Waals surface area contributed by atoms with Gasteiger partial charge in [0.2, 0.25) is 0 Å². The molecule has 106 valence electrons. The van der Waals surface area contributed by atoms with Crippen LogP contribution in [-0.4, -0.2) is 38.9 Å². The normalized spacial score (nSPS) is 28.5. The van der Waals surface area contributed by atoms with Gasteiger partial charge in [0.25, 0.3) is 0 Å². The Hall–Kier alpha value is -0.120. The average molecular weight is 254 g/mol. The van der Waals surface area contributed by atoms with Crippen molar-refractivity contribution in [2.24, 2.45) is 11.8 Å². The molecule has 18 heavy (non-hydrogen) atoms. The summed E-state index contributed by atoms with van der Waals surface area (Å²) < 4.78 is 5.63. The van der Waals surface area contributed by atoms with E-state index in [1.807, 2.05) is 0 Å². The Kier molecular flexibility index (Phi) is 6.46. The topological polar surface area (TPSA) is 33.3 Å². The predicted molar refractivity (Wildman–Crippen MR) is 75.8 cm³/mol. The summed E-state index contributed by atoms with van der Waals surface area (Å²) in [7, 11) is 0. The second-order valence-corrected chi connectivity index (χ2v) is 6.03. The number of hydrogen-bond acceptors (Lipinski definition) is 3. The van der Waals surface area contributed by atoms with Crippen molar-refractivity contribution in [1.82, 2.24) is 10.6 Å². The minimum Gasteiger partial charge on any atom is -0.381 e. The van der Waals surface area contributed by atoms with Gasteiger partial charge in [0.05, 0.1) is 0 Å². The molecule has 2 rings (SSSR count). The van der Waals surface area contributed by atoms with Crippen LogP contribution in [0.25, 0.3) is 0 Å². The SMILES string of the molecule is CCC1CCNC(CNCCCOCC2CC2)C1. The molecule has 1 saturated carbocycles. The van der Waals surface area contributed by atoms with Gasteiger partial charge in [-0.1, -0.05) is 13.3 Å². The molecule has 1 aliphatic heterocycles. The molecule has 2 aliphatic rings. The lowest BCUT2D eigenvalue weighted by Gasteiger charge is -2.30. The van der Waals surface area contributed by atoms with Crippen LogP contribution in [0.1, 0.15) is 45.4 Å². The molecular formula is C15H30N2O. The lowest BCUT2D eigenvalue weighted by atomic mass is 9.90. The van der Waals surface area contributed by atoms with Gasteiger partial charge >= 0.3 is 0 Å². The maximum atomic E-state index is 5.63. The first kappa shape index (κ1) is 14.3. The molecule has 3 heteroatoms. The zero-order valence-corrected chi connectivity index (χ0v) is 11.9. The highest BCUT2D eigenvalue weighted by molar-refractivity contribution is 4.79.